The van der Waals surface area contributed by atoms with E-state index in [2.05, 4.69) is 55.5 Å². The minimum atomic E-state index is -0.305. The van der Waals surface area contributed by atoms with Crippen LogP contribution in [0.3, 0.4) is 0 Å². The molecule has 0 amide bonds. The van der Waals surface area contributed by atoms with Crippen LogP contribution in [-0.4, -0.2) is 20.9 Å². The molecule has 3 rings (SSSR count). The third kappa shape index (κ3) is 2.87. The number of aliphatic imine (C=N–C) groups is 1. The fraction of sp³-hybridized carbons (Fsp3) is 0.222. The predicted octanol–water partition coefficient (Wildman–Crippen LogP) is 5.16. The van der Waals surface area contributed by atoms with Gasteiger partial charge in [0.15, 0.2) is 0 Å². The summed E-state index contributed by atoms with van der Waals surface area (Å²) in [5, 5.41) is 0. The number of thioether (sulfide) groups is 2. The monoisotopic (exact) mass is 343 g/mol. The zero-order valence-electron chi connectivity index (χ0n) is 12.4. The second-order valence-corrected chi connectivity index (χ2v) is 7.90. The Kier molecular flexibility index (Phi) is 5.01. The Morgan fingerprint density at radius 2 is 1.59 bits per heavy atom. The van der Waals surface area contributed by atoms with Crippen molar-refractivity contribution in [1.29, 1.82) is 0 Å². The van der Waals surface area contributed by atoms with E-state index < -0.39 is 0 Å². The van der Waals surface area contributed by atoms with Crippen molar-refractivity contribution in [3.05, 3.63) is 71.8 Å². The van der Waals surface area contributed by atoms with E-state index in [1.54, 1.807) is 11.8 Å². The first-order chi connectivity index (χ1) is 10.8. The lowest BCUT2D eigenvalue weighted by atomic mass is 9.76. The second kappa shape index (κ2) is 6.99. The number of hydrogen-bond donors (Lipinski definition) is 0. The lowest BCUT2D eigenvalue weighted by Crippen LogP contribution is -2.40. The third-order valence-corrected chi connectivity index (χ3v) is 6.46. The topological polar surface area (TPSA) is 12.4 Å². The van der Waals surface area contributed by atoms with Crippen LogP contribution in [0.15, 0.2) is 65.7 Å². The van der Waals surface area contributed by atoms with Gasteiger partial charge in [0.2, 0.25) is 0 Å². The molecule has 1 aliphatic rings. The summed E-state index contributed by atoms with van der Waals surface area (Å²) in [6, 6.07) is 21.0. The molecule has 0 radical (unpaired) electrons. The largest absolute Gasteiger partial charge is 0.227 e. The number of rotatable bonds is 3. The molecule has 0 atom stereocenters. The third-order valence-electron chi connectivity index (χ3n) is 3.77. The summed E-state index contributed by atoms with van der Waals surface area (Å²) in [7, 11) is 0. The predicted molar refractivity (Wildman–Crippen MR) is 104 cm³/mol. The van der Waals surface area contributed by atoms with Crippen LogP contribution in [0.4, 0.5) is 0 Å². The Hall–Kier alpha value is -1.10. The fourth-order valence-electron chi connectivity index (χ4n) is 2.67. The Balaban J connectivity index is 2.12. The lowest BCUT2D eigenvalue weighted by Gasteiger charge is -2.36. The van der Waals surface area contributed by atoms with Gasteiger partial charge < -0.3 is 0 Å². The quantitative estimate of drug-likeness (QED) is 0.715. The average molecular weight is 344 g/mol. The summed E-state index contributed by atoms with van der Waals surface area (Å²) < 4.78 is 1.09. The Morgan fingerprint density at radius 1 is 1.05 bits per heavy atom. The Morgan fingerprint density at radius 3 is 2.05 bits per heavy atom. The van der Waals surface area contributed by atoms with Gasteiger partial charge in [-0.2, -0.15) is 0 Å². The molecule has 0 saturated carbocycles. The van der Waals surface area contributed by atoms with Gasteiger partial charge >= 0.3 is 0 Å². The molecule has 0 aromatic heterocycles. The van der Waals surface area contributed by atoms with Crippen molar-refractivity contribution in [3.8, 4) is 0 Å². The number of nitrogens with zero attached hydrogens (tertiary/aromatic N) is 1. The molecule has 0 aliphatic carbocycles. The molecule has 1 aliphatic heterocycles. The highest BCUT2D eigenvalue weighted by Crippen LogP contribution is 2.42. The number of hydrogen-bond acceptors (Lipinski definition) is 3. The molecule has 22 heavy (non-hydrogen) atoms. The van der Waals surface area contributed by atoms with Gasteiger partial charge in [-0.05, 0) is 16.9 Å². The highest BCUT2D eigenvalue weighted by atomic mass is 32.2. The van der Waals surface area contributed by atoms with Gasteiger partial charge in [-0.3, -0.25) is 0 Å². The minimum Gasteiger partial charge on any atom is -0.227 e. The fourth-order valence-corrected chi connectivity index (χ4v) is 5.50. The summed E-state index contributed by atoms with van der Waals surface area (Å²) in [6.07, 6.45) is 0. The Bertz CT molecular complexity index is 640. The summed E-state index contributed by atoms with van der Waals surface area (Å²) in [5.41, 5.74) is 2.14. The van der Waals surface area contributed by atoms with Crippen LogP contribution in [0.25, 0.3) is 0 Å². The SMILES string of the molecule is CCSC1=NC(=S)C(c2ccccc2)(c2ccccc2)CS1. The number of thiocarbonyl (C=S) groups is 1. The van der Waals surface area contributed by atoms with E-state index in [0.717, 1.165) is 20.9 Å². The van der Waals surface area contributed by atoms with Crippen molar-refractivity contribution in [2.24, 2.45) is 4.99 Å². The summed E-state index contributed by atoms with van der Waals surface area (Å²) in [6.45, 7) is 2.15. The molecule has 0 saturated heterocycles. The number of benzene rings is 2. The molecule has 1 heterocycles. The molecule has 2 aromatic carbocycles. The van der Waals surface area contributed by atoms with E-state index >= 15 is 0 Å². The highest BCUT2D eigenvalue weighted by Gasteiger charge is 2.41. The van der Waals surface area contributed by atoms with Gasteiger partial charge in [0.05, 0.1) is 5.41 Å². The van der Waals surface area contributed by atoms with Crippen molar-refractivity contribution in [1.82, 2.24) is 0 Å². The van der Waals surface area contributed by atoms with E-state index in [1.807, 2.05) is 23.9 Å². The molecular weight excluding hydrogens is 326 g/mol. The molecule has 0 spiro atoms. The summed E-state index contributed by atoms with van der Waals surface area (Å²) >= 11 is 9.37. The zero-order valence-corrected chi connectivity index (χ0v) is 14.8. The zero-order chi connectivity index (χ0) is 15.4. The van der Waals surface area contributed by atoms with Gasteiger partial charge in [0.25, 0.3) is 0 Å². The molecule has 0 fully saturated rings. The molecule has 112 valence electrons. The van der Waals surface area contributed by atoms with Gasteiger partial charge in [-0.15, -0.1) is 0 Å². The normalized spacial score (nSPS) is 17.1. The molecule has 2 aromatic rings. The van der Waals surface area contributed by atoms with Gasteiger partial charge in [0.1, 0.15) is 9.36 Å². The minimum absolute atomic E-state index is 0.305. The van der Waals surface area contributed by atoms with Crippen LogP contribution in [0.2, 0.25) is 0 Å². The van der Waals surface area contributed by atoms with Crippen LogP contribution >= 0.6 is 35.7 Å². The second-order valence-electron chi connectivity index (χ2n) is 5.04. The maximum atomic E-state index is 5.78. The van der Waals surface area contributed by atoms with Crippen molar-refractivity contribution in [2.45, 2.75) is 12.3 Å². The molecule has 0 bridgehead atoms. The maximum absolute atomic E-state index is 5.78. The molecule has 0 unspecified atom stereocenters. The van der Waals surface area contributed by atoms with Crippen molar-refractivity contribution in [3.63, 3.8) is 0 Å². The first-order valence-electron chi connectivity index (χ1n) is 7.27. The van der Waals surface area contributed by atoms with E-state index in [4.69, 9.17) is 17.2 Å². The van der Waals surface area contributed by atoms with E-state index in [0.29, 0.717) is 0 Å². The van der Waals surface area contributed by atoms with Crippen LogP contribution in [-0.2, 0) is 5.41 Å². The average Bonchev–Trinajstić information content (AvgIpc) is 2.57. The molecule has 0 N–H and O–H groups in total. The molecule has 4 heteroatoms. The lowest BCUT2D eigenvalue weighted by molar-refractivity contribution is 0.790. The molecule has 1 nitrogen and oxygen atoms in total. The molecular formula is C18H17NS3. The van der Waals surface area contributed by atoms with E-state index in [-0.39, 0.29) is 5.41 Å². The summed E-state index contributed by atoms with van der Waals surface area (Å²) in [4.78, 5) is 5.53. The standard InChI is InChI=1S/C18H17NS3/c1-2-21-17-19-16(20)18(13-22-17,14-9-5-3-6-10-14)15-11-7-4-8-12-15/h3-12H,2,13H2,1H3. The summed E-state index contributed by atoms with van der Waals surface area (Å²) in [5.74, 6) is 1.93. The highest BCUT2D eigenvalue weighted by molar-refractivity contribution is 8.39. The first-order valence-corrected chi connectivity index (χ1v) is 9.65. The van der Waals surface area contributed by atoms with Crippen molar-refractivity contribution in [2.75, 3.05) is 11.5 Å². The van der Waals surface area contributed by atoms with Crippen LogP contribution in [0.1, 0.15) is 18.1 Å². The van der Waals surface area contributed by atoms with Gasteiger partial charge in [-0.25, -0.2) is 4.99 Å². The van der Waals surface area contributed by atoms with Crippen LogP contribution in [0, 0.1) is 0 Å². The van der Waals surface area contributed by atoms with Gasteiger partial charge in [0, 0.05) is 5.75 Å². The smallest absolute Gasteiger partial charge is 0.131 e. The van der Waals surface area contributed by atoms with Crippen LogP contribution in [0.5, 0.6) is 0 Å². The Labute approximate surface area is 145 Å². The van der Waals surface area contributed by atoms with E-state index in [1.165, 1.54) is 11.1 Å². The van der Waals surface area contributed by atoms with Gasteiger partial charge in [-0.1, -0.05) is 103 Å². The van der Waals surface area contributed by atoms with Crippen LogP contribution < -0.4 is 0 Å². The first kappa shape index (κ1) is 15.8. The maximum Gasteiger partial charge on any atom is 0.131 e. The van der Waals surface area contributed by atoms with E-state index in [9.17, 15) is 0 Å². The van der Waals surface area contributed by atoms with Crippen molar-refractivity contribution < 1.29 is 0 Å². The van der Waals surface area contributed by atoms with Crippen molar-refractivity contribution >= 4 is 45.1 Å².